The Labute approximate surface area is 189 Å². The second kappa shape index (κ2) is 7.90. The lowest BCUT2D eigenvalue weighted by atomic mass is 10.1. The number of methoxy groups -OCH3 is 2. The number of rotatable bonds is 6. The number of hydrogen-bond acceptors (Lipinski definition) is 7. The second-order valence-corrected chi connectivity index (χ2v) is 8.70. The minimum absolute atomic E-state index is 0.205. The van der Waals surface area contributed by atoms with Crippen LogP contribution in [0.15, 0.2) is 29.6 Å². The summed E-state index contributed by atoms with van der Waals surface area (Å²) in [4.78, 5) is 22.6. The fourth-order valence-corrected chi connectivity index (χ4v) is 4.57. The number of carbonyl (C=O) groups is 1. The largest absolute Gasteiger partial charge is 0.493 e. The molecule has 1 aliphatic carbocycles. The number of aromatic nitrogens is 4. The molecule has 0 atom stereocenters. The Balaban J connectivity index is 1.45. The van der Waals surface area contributed by atoms with Crippen LogP contribution in [0.2, 0.25) is 0 Å². The van der Waals surface area contributed by atoms with Crippen LogP contribution in [0.25, 0.3) is 22.3 Å². The molecule has 1 fully saturated rings. The van der Waals surface area contributed by atoms with Gasteiger partial charge >= 0.3 is 0 Å². The molecule has 0 saturated heterocycles. The van der Waals surface area contributed by atoms with E-state index >= 15 is 0 Å². The van der Waals surface area contributed by atoms with Crippen molar-refractivity contribution < 1.29 is 14.3 Å². The van der Waals surface area contributed by atoms with Gasteiger partial charge in [0.15, 0.2) is 22.3 Å². The number of aryl methyl sites for hydroxylation is 2. The normalized spacial score (nSPS) is 13.4. The van der Waals surface area contributed by atoms with Crippen molar-refractivity contribution in [1.82, 2.24) is 19.7 Å². The van der Waals surface area contributed by atoms with E-state index in [1.54, 1.807) is 18.9 Å². The van der Waals surface area contributed by atoms with Crippen LogP contribution < -0.4 is 14.8 Å². The van der Waals surface area contributed by atoms with Crippen LogP contribution >= 0.6 is 11.3 Å². The van der Waals surface area contributed by atoms with Crippen molar-refractivity contribution >= 4 is 33.4 Å². The summed E-state index contributed by atoms with van der Waals surface area (Å²) in [5, 5.41) is 10.7. The van der Waals surface area contributed by atoms with Gasteiger partial charge in [-0.25, -0.2) is 9.97 Å². The van der Waals surface area contributed by atoms with Gasteiger partial charge in [-0.1, -0.05) is 0 Å². The molecule has 0 bridgehead atoms. The van der Waals surface area contributed by atoms with Gasteiger partial charge in [-0.15, -0.1) is 11.3 Å². The SMILES string of the molecule is COc1ccc(-c2csc(NC(=O)c3cc(C4CC4)nc4c3c(C)nn4C)n2)cc1OC. The molecule has 0 spiro atoms. The maximum atomic E-state index is 13.3. The number of amides is 1. The predicted octanol–water partition coefficient (Wildman–Crippen LogP) is 4.55. The lowest BCUT2D eigenvalue weighted by Crippen LogP contribution is -2.13. The van der Waals surface area contributed by atoms with Gasteiger partial charge in [-0.3, -0.25) is 14.8 Å². The molecule has 0 radical (unpaired) electrons. The molecule has 1 N–H and O–H groups in total. The van der Waals surface area contributed by atoms with Crippen molar-refractivity contribution in [2.45, 2.75) is 25.7 Å². The van der Waals surface area contributed by atoms with Gasteiger partial charge in [0.05, 0.1) is 36.6 Å². The highest BCUT2D eigenvalue weighted by Gasteiger charge is 2.28. The average molecular weight is 450 g/mol. The van der Waals surface area contributed by atoms with Crippen LogP contribution in [0.4, 0.5) is 5.13 Å². The first-order valence-electron chi connectivity index (χ1n) is 10.3. The van der Waals surface area contributed by atoms with Crippen LogP contribution in [0.5, 0.6) is 11.5 Å². The number of nitrogens with one attached hydrogen (secondary N) is 1. The fourth-order valence-electron chi connectivity index (χ4n) is 3.86. The third kappa shape index (κ3) is 3.58. The lowest BCUT2D eigenvalue weighted by Gasteiger charge is -2.08. The molecule has 1 aromatic carbocycles. The zero-order chi connectivity index (χ0) is 22.4. The van der Waals surface area contributed by atoms with Crippen LogP contribution in [-0.2, 0) is 7.05 Å². The van der Waals surface area contributed by atoms with Gasteiger partial charge in [-0.2, -0.15) is 5.10 Å². The third-order valence-corrected chi connectivity index (χ3v) is 6.39. The molecule has 9 heteroatoms. The molecule has 5 rings (SSSR count). The summed E-state index contributed by atoms with van der Waals surface area (Å²) in [5.74, 6) is 1.50. The number of fused-ring (bicyclic) bond motifs is 1. The standard InChI is InChI=1S/C23H23N5O3S/c1-12-20-15(10-16(13-5-6-13)24-21(20)28(2)27-12)22(29)26-23-25-17(11-32-23)14-7-8-18(30-3)19(9-14)31-4/h7-11,13H,5-6H2,1-4H3,(H,25,26,29). The molecule has 0 aliphatic heterocycles. The highest BCUT2D eigenvalue weighted by Crippen LogP contribution is 2.40. The summed E-state index contributed by atoms with van der Waals surface area (Å²) in [6, 6.07) is 7.53. The van der Waals surface area contributed by atoms with E-state index in [0.717, 1.165) is 46.5 Å². The minimum Gasteiger partial charge on any atom is -0.493 e. The van der Waals surface area contributed by atoms with Crippen LogP contribution in [0.1, 0.15) is 40.5 Å². The average Bonchev–Trinajstić information content (AvgIpc) is 3.49. The maximum Gasteiger partial charge on any atom is 0.258 e. The summed E-state index contributed by atoms with van der Waals surface area (Å²) in [6.45, 7) is 1.90. The smallest absolute Gasteiger partial charge is 0.258 e. The first-order chi connectivity index (χ1) is 15.5. The van der Waals surface area contributed by atoms with Crippen LogP contribution in [0, 0.1) is 6.92 Å². The summed E-state index contributed by atoms with van der Waals surface area (Å²) in [7, 11) is 5.06. The van der Waals surface area contributed by atoms with Crippen molar-refractivity contribution in [3.05, 3.63) is 46.6 Å². The Morgan fingerprint density at radius 1 is 1.16 bits per heavy atom. The van der Waals surface area contributed by atoms with Gasteiger partial charge in [0.25, 0.3) is 5.91 Å². The summed E-state index contributed by atoms with van der Waals surface area (Å²) in [5.41, 5.74) is 4.70. The first kappa shape index (κ1) is 20.4. The molecule has 0 unspecified atom stereocenters. The van der Waals surface area contributed by atoms with Crippen molar-refractivity contribution in [2.75, 3.05) is 19.5 Å². The molecular formula is C23H23N5O3S. The Morgan fingerprint density at radius 2 is 1.94 bits per heavy atom. The van der Waals surface area contributed by atoms with E-state index in [1.165, 1.54) is 11.3 Å². The molecule has 3 aromatic heterocycles. The molecular weight excluding hydrogens is 426 g/mol. The van der Waals surface area contributed by atoms with E-state index < -0.39 is 0 Å². The lowest BCUT2D eigenvalue weighted by molar-refractivity contribution is 0.102. The van der Waals surface area contributed by atoms with Crippen molar-refractivity contribution in [2.24, 2.45) is 7.05 Å². The van der Waals surface area contributed by atoms with Crippen molar-refractivity contribution in [1.29, 1.82) is 0 Å². The molecule has 1 saturated carbocycles. The summed E-state index contributed by atoms with van der Waals surface area (Å²) >= 11 is 1.38. The van der Waals surface area contributed by atoms with E-state index in [4.69, 9.17) is 14.5 Å². The third-order valence-electron chi connectivity index (χ3n) is 5.63. The summed E-state index contributed by atoms with van der Waals surface area (Å²) < 4.78 is 12.4. The van der Waals surface area contributed by atoms with Crippen molar-refractivity contribution in [3.8, 4) is 22.8 Å². The van der Waals surface area contributed by atoms with Gasteiger partial charge in [0, 0.05) is 29.6 Å². The number of thiazole rings is 1. The fraction of sp³-hybridized carbons (Fsp3) is 0.304. The minimum atomic E-state index is -0.205. The van der Waals surface area contributed by atoms with Crippen LogP contribution in [-0.4, -0.2) is 39.9 Å². The van der Waals surface area contributed by atoms with Crippen molar-refractivity contribution in [3.63, 3.8) is 0 Å². The zero-order valence-electron chi connectivity index (χ0n) is 18.3. The quantitative estimate of drug-likeness (QED) is 0.464. The zero-order valence-corrected chi connectivity index (χ0v) is 19.1. The first-order valence-corrected chi connectivity index (χ1v) is 11.2. The topological polar surface area (TPSA) is 91.2 Å². The van der Waals surface area contributed by atoms with E-state index in [1.807, 2.05) is 43.6 Å². The van der Waals surface area contributed by atoms with Crippen LogP contribution in [0.3, 0.4) is 0 Å². The molecule has 4 aromatic rings. The second-order valence-electron chi connectivity index (χ2n) is 7.84. The van der Waals surface area contributed by atoms with E-state index in [9.17, 15) is 4.79 Å². The highest BCUT2D eigenvalue weighted by atomic mass is 32.1. The Kier molecular flexibility index (Phi) is 5.05. The highest BCUT2D eigenvalue weighted by molar-refractivity contribution is 7.14. The summed E-state index contributed by atoms with van der Waals surface area (Å²) in [6.07, 6.45) is 2.22. The number of ether oxygens (including phenoxy) is 2. The Morgan fingerprint density at radius 3 is 2.66 bits per heavy atom. The number of pyridine rings is 1. The van der Waals surface area contributed by atoms with Gasteiger partial charge in [-0.05, 0) is 44.0 Å². The Hall–Kier alpha value is -3.46. The van der Waals surface area contributed by atoms with Gasteiger partial charge in [0.2, 0.25) is 0 Å². The molecule has 164 valence electrons. The maximum absolute atomic E-state index is 13.3. The van der Waals surface area contributed by atoms with E-state index in [-0.39, 0.29) is 5.91 Å². The van der Waals surface area contributed by atoms with Gasteiger partial charge in [0.1, 0.15) is 0 Å². The molecule has 32 heavy (non-hydrogen) atoms. The Bertz CT molecular complexity index is 1340. The number of carbonyl (C=O) groups excluding carboxylic acids is 1. The molecule has 1 aliphatic rings. The van der Waals surface area contributed by atoms with E-state index in [2.05, 4.69) is 15.4 Å². The van der Waals surface area contributed by atoms with E-state index in [0.29, 0.717) is 28.1 Å². The number of anilines is 1. The number of benzene rings is 1. The number of nitrogens with zero attached hydrogens (tertiary/aromatic N) is 4. The van der Waals surface area contributed by atoms with Gasteiger partial charge < -0.3 is 9.47 Å². The molecule has 3 heterocycles. The molecule has 1 amide bonds. The monoisotopic (exact) mass is 449 g/mol. The predicted molar refractivity (Wildman–Crippen MR) is 124 cm³/mol. The number of hydrogen-bond donors (Lipinski definition) is 1. The molecule has 8 nitrogen and oxygen atoms in total.